The first-order chi connectivity index (χ1) is 7.83. The highest BCUT2D eigenvalue weighted by Gasteiger charge is 2.29. The van der Waals surface area contributed by atoms with Crippen LogP contribution in [0.4, 0.5) is 0 Å². The zero-order valence-corrected chi connectivity index (χ0v) is 9.13. The monoisotopic (exact) mass is 218 g/mol. The number of ketones is 1. The highest BCUT2D eigenvalue weighted by atomic mass is 16.5. The molecule has 0 aromatic heterocycles. The lowest BCUT2D eigenvalue weighted by atomic mass is 9.91. The predicted molar refractivity (Wildman–Crippen MR) is 59.8 cm³/mol. The third kappa shape index (κ3) is 2.14. The molecule has 2 rings (SSSR count). The third-order valence-electron chi connectivity index (χ3n) is 2.69. The van der Waals surface area contributed by atoms with Gasteiger partial charge < -0.3 is 9.47 Å². The molecule has 0 saturated heterocycles. The Morgan fingerprint density at radius 1 is 1.38 bits per heavy atom. The molecular weight excluding hydrogens is 204 g/mol. The molecule has 16 heavy (non-hydrogen) atoms. The Morgan fingerprint density at radius 3 is 2.75 bits per heavy atom. The Labute approximate surface area is 94.7 Å². The lowest BCUT2D eigenvalue weighted by Gasteiger charge is -2.24. The van der Waals surface area contributed by atoms with Gasteiger partial charge in [0.2, 0.25) is 0 Å². The second-order valence-corrected chi connectivity index (χ2v) is 3.70. The first kappa shape index (κ1) is 10.9. The average Bonchev–Trinajstić information content (AvgIpc) is 2.34. The quantitative estimate of drug-likeness (QED) is 0.779. The van der Waals surface area contributed by atoms with Gasteiger partial charge in [0.15, 0.2) is 5.78 Å². The van der Waals surface area contributed by atoms with Gasteiger partial charge in [-0.2, -0.15) is 0 Å². The first-order valence-corrected chi connectivity index (χ1v) is 5.21. The van der Waals surface area contributed by atoms with E-state index in [1.165, 1.54) is 0 Å². The van der Waals surface area contributed by atoms with Crippen molar-refractivity contribution in [2.75, 3.05) is 13.7 Å². The lowest BCUT2D eigenvalue weighted by Crippen LogP contribution is -2.27. The van der Waals surface area contributed by atoms with E-state index in [0.29, 0.717) is 0 Å². The Morgan fingerprint density at radius 2 is 2.12 bits per heavy atom. The molecular formula is C13H14O3. The van der Waals surface area contributed by atoms with Crippen LogP contribution >= 0.6 is 0 Å². The minimum absolute atomic E-state index is 0.0539. The summed E-state index contributed by atoms with van der Waals surface area (Å²) in [6.07, 6.45) is 3.10. The highest BCUT2D eigenvalue weighted by Crippen LogP contribution is 2.28. The molecule has 0 fully saturated rings. The zero-order valence-electron chi connectivity index (χ0n) is 9.13. The summed E-state index contributed by atoms with van der Waals surface area (Å²) >= 11 is 0. The Balaban J connectivity index is 2.25. The number of hydrogen-bond acceptors (Lipinski definition) is 3. The molecule has 3 heteroatoms. The van der Waals surface area contributed by atoms with Crippen molar-refractivity contribution in [2.45, 2.75) is 6.10 Å². The second-order valence-electron chi connectivity index (χ2n) is 3.70. The van der Waals surface area contributed by atoms with Gasteiger partial charge in [-0.25, -0.2) is 0 Å². The van der Waals surface area contributed by atoms with E-state index in [4.69, 9.17) is 9.47 Å². The minimum Gasteiger partial charge on any atom is -0.494 e. The van der Waals surface area contributed by atoms with Gasteiger partial charge in [-0.3, -0.25) is 4.79 Å². The van der Waals surface area contributed by atoms with Crippen LogP contribution in [0, 0.1) is 5.92 Å². The molecule has 2 atom stereocenters. The maximum absolute atomic E-state index is 11.7. The number of carbonyl (C=O) groups excluding carboxylic acids is 1. The standard InChI is InChI=1S/C13H14O3/c1-15-13(10-5-3-2-4-6-10)11-7-8-16-9-12(11)14/h2-8,11,13H,9H2,1H3. The molecule has 0 radical (unpaired) electrons. The fourth-order valence-corrected chi connectivity index (χ4v) is 1.88. The number of rotatable bonds is 3. The number of benzene rings is 1. The topological polar surface area (TPSA) is 35.5 Å². The summed E-state index contributed by atoms with van der Waals surface area (Å²) in [4.78, 5) is 11.7. The molecule has 1 aromatic carbocycles. The van der Waals surface area contributed by atoms with E-state index in [2.05, 4.69) is 0 Å². The Kier molecular flexibility index (Phi) is 3.37. The molecule has 2 unspecified atom stereocenters. The van der Waals surface area contributed by atoms with E-state index in [9.17, 15) is 4.79 Å². The molecule has 1 aromatic rings. The zero-order chi connectivity index (χ0) is 11.4. The summed E-state index contributed by atoms with van der Waals surface area (Å²) in [7, 11) is 1.62. The Hall–Kier alpha value is -1.61. The predicted octanol–water partition coefficient (Wildman–Crippen LogP) is 2.10. The van der Waals surface area contributed by atoms with E-state index in [1.807, 2.05) is 30.3 Å². The molecule has 1 aliphatic heterocycles. The van der Waals surface area contributed by atoms with Crippen molar-refractivity contribution in [3.8, 4) is 0 Å². The summed E-state index contributed by atoms with van der Waals surface area (Å²) in [5.74, 6) is -0.195. The van der Waals surface area contributed by atoms with Crippen LogP contribution in [-0.2, 0) is 14.3 Å². The van der Waals surface area contributed by atoms with Crippen LogP contribution in [0.3, 0.4) is 0 Å². The maximum Gasteiger partial charge on any atom is 0.180 e. The molecule has 0 saturated carbocycles. The van der Waals surface area contributed by atoms with Gasteiger partial charge in [-0.1, -0.05) is 30.3 Å². The fourth-order valence-electron chi connectivity index (χ4n) is 1.88. The van der Waals surface area contributed by atoms with Gasteiger partial charge >= 0.3 is 0 Å². The van der Waals surface area contributed by atoms with Gasteiger partial charge in [-0.15, -0.1) is 0 Å². The Bertz CT molecular complexity index is 383. The van der Waals surface area contributed by atoms with Crippen molar-refractivity contribution >= 4 is 5.78 Å². The summed E-state index contributed by atoms with van der Waals surface area (Å²) in [6.45, 7) is 0.133. The molecule has 84 valence electrons. The van der Waals surface area contributed by atoms with Gasteiger partial charge in [0.05, 0.1) is 18.3 Å². The van der Waals surface area contributed by atoms with Crippen molar-refractivity contribution in [3.63, 3.8) is 0 Å². The van der Waals surface area contributed by atoms with Crippen LogP contribution in [0.1, 0.15) is 11.7 Å². The third-order valence-corrected chi connectivity index (χ3v) is 2.69. The molecule has 0 amide bonds. The summed E-state index contributed by atoms with van der Waals surface area (Å²) in [5.41, 5.74) is 1.01. The first-order valence-electron chi connectivity index (χ1n) is 5.21. The van der Waals surface area contributed by atoms with Gasteiger partial charge in [0.25, 0.3) is 0 Å². The maximum atomic E-state index is 11.7. The molecule has 0 spiro atoms. The number of hydrogen-bond donors (Lipinski definition) is 0. The van der Waals surface area contributed by atoms with Crippen LogP contribution in [0.5, 0.6) is 0 Å². The fraction of sp³-hybridized carbons (Fsp3) is 0.308. The molecule has 0 N–H and O–H groups in total. The molecule has 1 heterocycles. The number of methoxy groups -OCH3 is 1. The van der Waals surface area contributed by atoms with Crippen molar-refractivity contribution in [1.29, 1.82) is 0 Å². The molecule has 1 aliphatic rings. The van der Waals surface area contributed by atoms with Crippen molar-refractivity contribution in [2.24, 2.45) is 5.92 Å². The normalized spacial score (nSPS) is 21.6. The van der Waals surface area contributed by atoms with E-state index in [-0.39, 0.29) is 24.4 Å². The van der Waals surface area contributed by atoms with Crippen molar-refractivity contribution in [3.05, 3.63) is 48.2 Å². The smallest absolute Gasteiger partial charge is 0.180 e. The van der Waals surface area contributed by atoms with Crippen LogP contribution < -0.4 is 0 Å². The van der Waals surface area contributed by atoms with Gasteiger partial charge in [-0.05, 0) is 11.6 Å². The SMILES string of the molecule is COC(c1ccccc1)C1C=COCC1=O. The van der Waals surface area contributed by atoms with E-state index in [0.717, 1.165) is 5.56 Å². The van der Waals surface area contributed by atoms with E-state index < -0.39 is 0 Å². The van der Waals surface area contributed by atoms with Gasteiger partial charge in [0.1, 0.15) is 6.61 Å². The summed E-state index contributed by atoms with van der Waals surface area (Å²) < 4.78 is 10.4. The van der Waals surface area contributed by atoms with Crippen LogP contribution in [-0.4, -0.2) is 19.5 Å². The van der Waals surface area contributed by atoms with Crippen LogP contribution in [0.15, 0.2) is 42.7 Å². The number of ether oxygens (including phenoxy) is 2. The molecule has 0 bridgehead atoms. The van der Waals surface area contributed by atoms with Crippen molar-refractivity contribution < 1.29 is 14.3 Å². The van der Waals surface area contributed by atoms with Crippen molar-refractivity contribution in [1.82, 2.24) is 0 Å². The molecule has 3 nitrogen and oxygen atoms in total. The largest absolute Gasteiger partial charge is 0.494 e. The van der Waals surface area contributed by atoms with E-state index in [1.54, 1.807) is 19.4 Å². The number of carbonyl (C=O) groups is 1. The van der Waals surface area contributed by atoms with Crippen LogP contribution in [0.2, 0.25) is 0 Å². The van der Waals surface area contributed by atoms with E-state index >= 15 is 0 Å². The summed E-state index contributed by atoms with van der Waals surface area (Å²) in [5, 5.41) is 0. The number of Topliss-reactive ketones (excluding diaryl/α,β-unsaturated/α-hetero) is 1. The van der Waals surface area contributed by atoms with Crippen LogP contribution in [0.25, 0.3) is 0 Å². The van der Waals surface area contributed by atoms with Gasteiger partial charge in [0, 0.05) is 7.11 Å². The second kappa shape index (κ2) is 4.94. The minimum atomic E-state index is -0.249. The lowest BCUT2D eigenvalue weighted by molar-refractivity contribution is -0.129. The molecule has 0 aliphatic carbocycles. The highest BCUT2D eigenvalue weighted by molar-refractivity contribution is 5.85. The summed E-state index contributed by atoms with van der Waals surface area (Å²) in [6, 6.07) is 9.75. The average molecular weight is 218 g/mol.